The summed E-state index contributed by atoms with van der Waals surface area (Å²) in [4.78, 5) is 40.4. The molecule has 156 valence electrons. The van der Waals surface area contributed by atoms with Gasteiger partial charge in [0.25, 0.3) is 11.8 Å². The summed E-state index contributed by atoms with van der Waals surface area (Å²) < 4.78 is 0. The molecule has 2 aromatic carbocycles. The number of anilines is 3. The number of aromatic nitrogens is 1. The lowest BCUT2D eigenvalue weighted by atomic mass is 10.1. The smallest absolute Gasteiger partial charge is 0.319 e. The van der Waals surface area contributed by atoms with Gasteiger partial charge in [0.1, 0.15) is 0 Å². The molecule has 0 aliphatic carbocycles. The van der Waals surface area contributed by atoms with Crippen molar-refractivity contribution in [3.8, 4) is 0 Å². The fourth-order valence-corrected chi connectivity index (χ4v) is 2.62. The molecular weight excluding hydrogens is 394 g/mol. The van der Waals surface area contributed by atoms with E-state index < -0.39 is 0 Å². The number of nitrogens with one attached hydrogen (secondary N) is 4. The van der Waals surface area contributed by atoms with Crippen molar-refractivity contribution in [2.75, 3.05) is 22.5 Å². The van der Waals surface area contributed by atoms with Crippen molar-refractivity contribution in [1.82, 2.24) is 10.3 Å². The first-order valence-corrected chi connectivity index (χ1v) is 9.44. The van der Waals surface area contributed by atoms with E-state index in [0.29, 0.717) is 34.7 Å². The van der Waals surface area contributed by atoms with Crippen LogP contribution in [0.4, 0.5) is 21.9 Å². The van der Waals surface area contributed by atoms with Gasteiger partial charge >= 0.3 is 6.03 Å². The predicted octanol–water partition coefficient (Wildman–Crippen LogP) is 3.89. The molecule has 0 bridgehead atoms. The third-order valence-corrected chi connectivity index (χ3v) is 4.11. The topological polar surface area (TPSA) is 112 Å². The van der Waals surface area contributed by atoms with Crippen LogP contribution in [0.1, 0.15) is 20.7 Å². The van der Waals surface area contributed by atoms with E-state index in [1.807, 2.05) is 0 Å². The molecule has 0 unspecified atom stereocenters. The zero-order valence-electron chi connectivity index (χ0n) is 16.6. The first-order valence-electron chi connectivity index (χ1n) is 9.44. The highest BCUT2D eigenvalue weighted by Crippen LogP contribution is 2.17. The van der Waals surface area contributed by atoms with Crippen LogP contribution >= 0.6 is 0 Å². The average molecular weight is 415 g/mol. The second-order valence-electron chi connectivity index (χ2n) is 6.43. The van der Waals surface area contributed by atoms with Gasteiger partial charge in [0.05, 0.1) is 5.56 Å². The van der Waals surface area contributed by atoms with Gasteiger partial charge in [-0.25, -0.2) is 4.79 Å². The van der Waals surface area contributed by atoms with Gasteiger partial charge in [-0.1, -0.05) is 12.1 Å². The Morgan fingerprint density at radius 2 is 1.45 bits per heavy atom. The van der Waals surface area contributed by atoms with Crippen LogP contribution in [0.25, 0.3) is 0 Å². The van der Waals surface area contributed by atoms with Crippen LogP contribution < -0.4 is 21.3 Å². The second kappa shape index (κ2) is 10.4. The lowest BCUT2D eigenvalue weighted by Crippen LogP contribution is -2.28. The Kier molecular flexibility index (Phi) is 7.10. The third kappa shape index (κ3) is 6.26. The molecule has 1 heterocycles. The second-order valence-corrected chi connectivity index (χ2v) is 6.43. The summed E-state index contributed by atoms with van der Waals surface area (Å²) in [7, 11) is 0. The van der Waals surface area contributed by atoms with E-state index in [1.165, 1.54) is 6.20 Å². The summed E-state index contributed by atoms with van der Waals surface area (Å²) in [5.41, 5.74) is 2.44. The SMILES string of the molecule is C=CCNC(=O)Nc1ccc(NC(=O)c2cccc(NC(=O)c3cccnc3)c2)cc1. The van der Waals surface area contributed by atoms with Crippen LogP contribution in [-0.2, 0) is 0 Å². The first kappa shape index (κ1) is 21.3. The van der Waals surface area contributed by atoms with Gasteiger partial charge in [-0.15, -0.1) is 6.58 Å². The third-order valence-electron chi connectivity index (χ3n) is 4.11. The molecule has 0 saturated carbocycles. The van der Waals surface area contributed by atoms with E-state index in [0.717, 1.165) is 0 Å². The number of urea groups is 1. The molecule has 0 saturated heterocycles. The van der Waals surface area contributed by atoms with Crippen LogP contribution in [0.5, 0.6) is 0 Å². The molecule has 0 atom stereocenters. The molecular formula is C23H21N5O3. The molecule has 1 aromatic heterocycles. The maximum Gasteiger partial charge on any atom is 0.319 e. The van der Waals surface area contributed by atoms with Gasteiger partial charge < -0.3 is 21.3 Å². The maximum absolute atomic E-state index is 12.6. The van der Waals surface area contributed by atoms with Crippen molar-refractivity contribution in [3.63, 3.8) is 0 Å². The van der Waals surface area contributed by atoms with Crippen molar-refractivity contribution in [3.05, 3.63) is 96.8 Å². The van der Waals surface area contributed by atoms with Crippen LogP contribution in [-0.4, -0.2) is 29.4 Å². The minimum atomic E-state index is -0.346. The van der Waals surface area contributed by atoms with E-state index in [9.17, 15) is 14.4 Å². The van der Waals surface area contributed by atoms with Gasteiger partial charge in [-0.2, -0.15) is 0 Å². The zero-order valence-corrected chi connectivity index (χ0v) is 16.6. The quantitative estimate of drug-likeness (QED) is 0.439. The Morgan fingerprint density at radius 1 is 0.806 bits per heavy atom. The van der Waals surface area contributed by atoms with Crippen LogP contribution in [0.2, 0.25) is 0 Å². The summed E-state index contributed by atoms with van der Waals surface area (Å²) in [5.74, 6) is -0.646. The van der Waals surface area contributed by atoms with Crippen LogP contribution in [0.15, 0.2) is 85.7 Å². The normalized spacial score (nSPS) is 9.94. The minimum Gasteiger partial charge on any atom is -0.334 e. The Bertz CT molecular complexity index is 1080. The van der Waals surface area contributed by atoms with Gasteiger partial charge in [-0.05, 0) is 54.6 Å². The number of carbonyl (C=O) groups is 3. The predicted molar refractivity (Wildman–Crippen MR) is 120 cm³/mol. The molecule has 8 heteroatoms. The van der Waals surface area contributed by atoms with Crippen molar-refractivity contribution in [2.45, 2.75) is 0 Å². The van der Waals surface area contributed by atoms with E-state index in [-0.39, 0.29) is 17.8 Å². The molecule has 4 N–H and O–H groups in total. The average Bonchev–Trinajstić information content (AvgIpc) is 2.79. The molecule has 31 heavy (non-hydrogen) atoms. The van der Waals surface area contributed by atoms with E-state index in [1.54, 1.807) is 72.9 Å². The van der Waals surface area contributed by atoms with Crippen molar-refractivity contribution in [1.29, 1.82) is 0 Å². The Labute approximate surface area is 179 Å². The number of hydrogen-bond acceptors (Lipinski definition) is 4. The Hall–Kier alpha value is -4.46. The Balaban J connectivity index is 1.60. The molecule has 0 spiro atoms. The fourth-order valence-electron chi connectivity index (χ4n) is 2.62. The Morgan fingerprint density at radius 3 is 2.13 bits per heavy atom. The number of rotatable bonds is 7. The lowest BCUT2D eigenvalue weighted by Gasteiger charge is -2.10. The van der Waals surface area contributed by atoms with Gasteiger partial charge in [0.2, 0.25) is 0 Å². The fraction of sp³-hybridized carbons (Fsp3) is 0.0435. The molecule has 4 amide bonds. The van der Waals surface area contributed by atoms with Gasteiger partial charge in [0, 0.05) is 41.6 Å². The van der Waals surface area contributed by atoms with Gasteiger partial charge in [0.15, 0.2) is 0 Å². The molecule has 8 nitrogen and oxygen atoms in total. The molecule has 3 aromatic rings. The molecule has 3 rings (SSSR count). The summed E-state index contributed by atoms with van der Waals surface area (Å²) >= 11 is 0. The number of carbonyl (C=O) groups excluding carboxylic acids is 3. The summed E-state index contributed by atoms with van der Waals surface area (Å²) in [6.45, 7) is 3.89. The molecule has 0 fully saturated rings. The zero-order chi connectivity index (χ0) is 22.1. The highest BCUT2D eigenvalue weighted by molar-refractivity contribution is 6.07. The van der Waals surface area contributed by atoms with E-state index >= 15 is 0 Å². The van der Waals surface area contributed by atoms with Gasteiger partial charge in [-0.3, -0.25) is 14.6 Å². The first-order chi connectivity index (χ1) is 15.0. The minimum absolute atomic E-state index is 0.314. The summed E-state index contributed by atoms with van der Waals surface area (Å²) in [5, 5.41) is 10.8. The highest BCUT2D eigenvalue weighted by atomic mass is 16.2. The van der Waals surface area contributed by atoms with Crippen LogP contribution in [0.3, 0.4) is 0 Å². The molecule has 0 aliphatic heterocycles. The van der Waals surface area contributed by atoms with Crippen molar-refractivity contribution < 1.29 is 14.4 Å². The largest absolute Gasteiger partial charge is 0.334 e. The number of amides is 4. The summed E-state index contributed by atoms with van der Waals surface area (Å²) in [6.07, 6.45) is 4.63. The highest BCUT2D eigenvalue weighted by Gasteiger charge is 2.10. The van der Waals surface area contributed by atoms with Crippen LogP contribution in [0, 0.1) is 0 Å². The van der Waals surface area contributed by atoms with Crippen molar-refractivity contribution >= 4 is 34.9 Å². The lowest BCUT2D eigenvalue weighted by molar-refractivity contribution is 0.101. The van der Waals surface area contributed by atoms with E-state index in [4.69, 9.17) is 0 Å². The number of nitrogens with zero attached hydrogens (tertiary/aromatic N) is 1. The maximum atomic E-state index is 12.6. The van der Waals surface area contributed by atoms with E-state index in [2.05, 4.69) is 32.8 Å². The van der Waals surface area contributed by atoms with Crippen molar-refractivity contribution in [2.24, 2.45) is 0 Å². The monoisotopic (exact) mass is 415 g/mol. The number of pyridine rings is 1. The number of hydrogen-bond donors (Lipinski definition) is 4. The molecule has 0 radical (unpaired) electrons. The molecule has 0 aliphatic rings. The summed E-state index contributed by atoms with van der Waals surface area (Å²) in [6, 6.07) is 16.3. The number of benzene rings is 2. The standard InChI is InChI=1S/C23H21N5O3/c1-2-12-25-23(31)28-19-10-8-18(9-11-19)26-21(29)16-5-3-7-20(14-16)27-22(30)17-6-4-13-24-15-17/h2-11,13-15H,1,12H2,(H,26,29)(H,27,30)(H2,25,28,31).